The summed E-state index contributed by atoms with van der Waals surface area (Å²) in [7, 11) is 2.25. The molecule has 0 amide bonds. The zero-order valence-corrected chi connectivity index (χ0v) is 16.7. The second-order valence-corrected chi connectivity index (χ2v) is 7.84. The lowest BCUT2D eigenvalue weighted by molar-refractivity contribution is 0.224. The Morgan fingerprint density at radius 1 is 1.31 bits per heavy atom. The Balaban J connectivity index is 1.76. The van der Waals surface area contributed by atoms with E-state index in [1.54, 1.807) is 0 Å². The Hall–Kier alpha value is -1.78. The van der Waals surface area contributed by atoms with Gasteiger partial charge in [0, 0.05) is 23.2 Å². The molecule has 1 aliphatic carbocycles. The minimum absolute atomic E-state index is 0.517. The van der Waals surface area contributed by atoms with Crippen LogP contribution in [0.2, 0.25) is 5.02 Å². The molecule has 5 heteroatoms. The highest BCUT2D eigenvalue weighted by molar-refractivity contribution is 6.33. The summed E-state index contributed by atoms with van der Waals surface area (Å²) < 4.78 is 8.12. The van der Waals surface area contributed by atoms with Gasteiger partial charge in [-0.05, 0) is 52.6 Å². The predicted octanol–water partition coefficient (Wildman–Crippen LogP) is 5.28. The van der Waals surface area contributed by atoms with E-state index in [0.29, 0.717) is 11.1 Å². The summed E-state index contributed by atoms with van der Waals surface area (Å²) in [6, 6.07) is 9.13. The molecule has 0 radical (unpaired) electrons. The highest BCUT2D eigenvalue weighted by atomic mass is 35.5. The molecule has 1 atom stereocenters. The molecule has 4 nitrogen and oxygen atoms in total. The number of likely N-dealkylation sites (N-methyl/N-ethyl adjacent to an activating group) is 1. The smallest absolute Gasteiger partial charge is 0.225 e. The zero-order chi connectivity index (χ0) is 18.4. The van der Waals surface area contributed by atoms with E-state index >= 15 is 0 Å². The molecule has 1 saturated carbocycles. The molecule has 1 fully saturated rings. The molecule has 1 unspecified atom stereocenters. The van der Waals surface area contributed by atoms with Crippen LogP contribution in [0.5, 0.6) is 0 Å². The minimum atomic E-state index is 0.517. The van der Waals surface area contributed by atoms with Crippen molar-refractivity contribution in [2.75, 3.05) is 7.05 Å². The second-order valence-electron chi connectivity index (χ2n) is 7.43. The summed E-state index contributed by atoms with van der Waals surface area (Å²) in [6.07, 6.45) is 4.74. The van der Waals surface area contributed by atoms with Crippen LogP contribution in [-0.4, -0.2) is 33.6 Å². The molecule has 0 saturated heterocycles. The monoisotopic (exact) mass is 371 g/mol. The maximum atomic E-state index is 6.44. The molecule has 26 heavy (non-hydrogen) atoms. The molecular formula is C21H26ClN3O. The van der Waals surface area contributed by atoms with Crippen LogP contribution in [0.4, 0.5) is 0 Å². The maximum absolute atomic E-state index is 6.44. The molecule has 0 N–H and O–H groups in total. The number of hydrogen-bond donors (Lipinski definition) is 0. The van der Waals surface area contributed by atoms with Gasteiger partial charge in [0.05, 0.1) is 10.7 Å². The van der Waals surface area contributed by atoms with Gasteiger partial charge in [-0.15, -0.1) is 0 Å². The van der Waals surface area contributed by atoms with Gasteiger partial charge in [0.1, 0.15) is 11.5 Å². The third kappa shape index (κ3) is 2.95. The lowest BCUT2D eigenvalue weighted by Gasteiger charge is -2.26. The van der Waals surface area contributed by atoms with Gasteiger partial charge < -0.3 is 9.32 Å². The standard InChI is InChI=1S/C21H26ClN3O/c1-5-15(24(4)16-10-11-16)12-18-13(2)23-25-20(14(3)26-21(18)25)17-8-6-7-9-19(17)22/h6-9,15-16H,5,10-12H2,1-4H3. The van der Waals surface area contributed by atoms with Crippen LogP contribution < -0.4 is 0 Å². The maximum Gasteiger partial charge on any atom is 0.225 e. The summed E-state index contributed by atoms with van der Waals surface area (Å²) in [5, 5.41) is 5.52. The van der Waals surface area contributed by atoms with E-state index in [0.717, 1.165) is 47.3 Å². The van der Waals surface area contributed by atoms with E-state index in [1.807, 2.05) is 35.7 Å². The topological polar surface area (TPSA) is 33.7 Å². The Bertz CT molecular complexity index is 938. The third-order valence-electron chi connectivity index (χ3n) is 5.67. The fourth-order valence-electron chi connectivity index (χ4n) is 3.92. The first-order valence-corrected chi connectivity index (χ1v) is 9.83. The zero-order valence-electron chi connectivity index (χ0n) is 15.9. The van der Waals surface area contributed by atoms with Gasteiger partial charge >= 0.3 is 0 Å². The fourth-order valence-corrected chi connectivity index (χ4v) is 4.15. The Labute approximate surface area is 159 Å². The molecule has 0 bridgehead atoms. The summed E-state index contributed by atoms with van der Waals surface area (Å²) in [4.78, 5) is 2.54. The third-order valence-corrected chi connectivity index (χ3v) is 6.00. The summed E-state index contributed by atoms with van der Waals surface area (Å²) in [5.74, 6) is 0.852. The number of aromatic nitrogens is 2. The molecule has 1 aromatic carbocycles. The molecular weight excluding hydrogens is 346 g/mol. The highest BCUT2D eigenvalue weighted by Crippen LogP contribution is 2.35. The van der Waals surface area contributed by atoms with Crippen molar-refractivity contribution in [1.29, 1.82) is 0 Å². The van der Waals surface area contributed by atoms with Gasteiger partial charge in [-0.25, -0.2) is 0 Å². The van der Waals surface area contributed by atoms with Crippen molar-refractivity contribution in [3.05, 3.63) is 46.3 Å². The molecule has 2 heterocycles. The molecule has 3 aromatic rings. The van der Waals surface area contributed by atoms with Crippen molar-refractivity contribution in [2.24, 2.45) is 0 Å². The van der Waals surface area contributed by atoms with E-state index in [4.69, 9.17) is 21.1 Å². The van der Waals surface area contributed by atoms with Gasteiger partial charge in [-0.1, -0.05) is 36.7 Å². The van der Waals surface area contributed by atoms with Crippen molar-refractivity contribution in [3.8, 4) is 11.3 Å². The number of aryl methyl sites for hydroxylation is 2. The van der Waals surface area contributed by atoms with E-state index in [1.165, 1.54) is 18.4 Å². The lowest BCUT2D eigenvalue weighted by atomic mass is 10.0. The van der Waals surface area contributed by atoms with Crippen molar-refractivity contribution in [3.63, 3.8) is 0 Å². The number of fused-ring (bicyclic) bond motifs is 1. The molecule has 0 spiro atoms. The largest absolute Gasteiger partial charge is 0.441 e. The van der Waals surface area contributed by atoms with Gasteiger partial charge in [0.2, 0.25) is 5.71 Å². The van der Waals surface area contributed by atoms with Crippen molar-refractivity contribution in [2.45, 2.75) is 58.5 Å². The lowest BCUT2D eigenvalue weighted by Crippen LogP contribution is -2.34. The Morgan fingerprint density at radius 2 is 2.04 bits per heavy atom. The van der Waals surface area contributed by atoms with Crippen molar-refractivity contribution in [1.82, 2.24) is 14.5 Å². The van der Waals surface area contributed by atoms with E-state index in [9.17, 15) is 0 Å². The number of hydrogen-bond acceptors (Lipinski definition) is 3. The number of rotatable bonds is 6. The van der Waals surface area contributed by atoms with Crippen LogP contribution in [0.1, 0.15) is 43.2 Å². The predicted molar refractivity (Wildman–Crippen MR) is 106 cm³/mol. The minimum Gasteiger partial charge on any atom is -0.441 e. The number of halogens is 1. The normalized spacial score (nSPS) is 15.9. The molecule has 2 aromatic heterocycles. The fraction of sp³-hybridized carbons (Fsp3) is 0.476. The van der Waals surface area contributed by atoms with Gasteiger partial charge in [0.15, 0.2) is 0 Å². The van der Waals surface area contributed by atoms with E-state index in [-0.39, 0.29) is 0 Å². The highest BCUT2D eigenvalue weighted by Gasteiger charge is 2.32. The van der Waals surface area contributed by atoms with Crippen LogP contribution in [0.15, 0.2) is 28.7 Å². The number of nitrogens with zero attached hydrogens (tertiary/aromatic N) is 3. The van der Waals surface area contributed by atoms with Gasteiger partial charge in [-0.3, -0.25) is 0 Å². The molecule has 138 valence electrons. The second kappa shape index (κ2) is 6.75. The first-order chi connectivity index (χ1) is 12.5. The van der Waals surface area contributed by atoms with Gasteiger partial charge in [0.25, 0.3) is 0 Å². The Kier molecular flexibility index (Phi) is 4.57. The van der Waals surface area contributed by atoms with Gasteiger partial charge in [-0.2, -0.15) is 9.61 Å². The molecule has 1 aliphatic rings. The van der Waals surface area contributed by atoms with Crippen molar-refractivity contribution < 1.29 is 4.42 Å². The SMILES string of the molecule is CCC(Cc1c(C)nn2c(-c3ccccc3Cl)c(C)oc12)N(C)C1CC1. The number of benzene rings is 1. The van der Waals surface area contributed by atoms with E-state index in [2.05, 4.69) is 25.8 Å². The first-order valence-electron chi connectivity index (χ1n) is 9.45. The summed E-state index contributed by atoms with van der Waals surface area (Å²) >= 11 is 6.44. The van der Waals surface area contributed by atoms with Crippen LogP contribution in [0, 0.1) is 13.8 Å². The van der Waals surface area contributed by atoms with Crippen LogP contribution in [0.3, 0.4) is 0 Å². The average molecular weight is 372 g/mol. The quantitative estimate of drug-likeness (QED) is 0.591. The summed E-state index contributed by atoms with van der Waals surface area (Å²) in [6.45, 7) is 6.33. The Morgan fingerprint density at radius 3 is 2.69 bits per heavy atom. The average Bonchev–Trinajstić information content (AvgIpc) is 3.36. The summed E-state index contributed by atoms with van der Waals surface area (Å²) in [5.41, 5.74) is 5.02. The van der Waals surface area contributed by atoms with E-state index < -0.39 is 0 Å². The van der Waals surface area contributed by atoms with Crippen molar-refractivity contribution >= 4 is 17.3 Å². The molecule has 4 rings (SSSR count). The van der Waals surface area contributed by atoms with Crippen LogP contribution >= 0.6 is 11.6 Å². The molecule has 0 aliphatic heterocycles. The first kappa shape index (κ1) is 17.6. The number of oxazole rings is 1. The van der Waals surface area contributed by atoms with Crippen LogP contribution in [0.25, 0.3) is 17.0 Å². The van der Waals surface area contributed by atoms with Crippen LogP contribution in [-0.2, 0) is 6.42 Å².